The van der Waals surface area contributed by atoms with Gasteiger partial charge in [0.2, 0.25) is 11.8 Å². The lowest BCUT2D eigenvalue weighted by atomic mass is 9.94. The molecule has 40 heavy (non-hydrogen) atoms. The Kier molecular flexibility index (Phi) is 11.3. The maximum Gasteiger partial charge on any atom is 0.243 e. The van der Waals surface area contributed by atoms with Crippen LogP contribution in [0.5, 0.6) is 11.5 Å². The molecular formula is C33H39ClN2O4. The van der Waals surface area contributed by atoms with Crippen molar-refractivity contribution in [3.05, 3.63) is 95.0 Å². The van der Waals surface area contributed by atoms with E-state index in [4.69, 9.17) is 21.1 Å². The van der Waals surface area contributed by atoms with Crippen LogP contribution in [0.15, 0.2) is 78.9 Å². The molecule has 2 amide bonds. The van der Waals surface area contributed by atoms with Gasteiger partial charge >= 0.3 is 0 Å². The second-order valence-corrected chi connectivity index (χ2v) is 10.8. The van der Waals surface area contributed by atoms with Crippen LogP contribution in [-0.2, 0) is 22.6 Å². The molecule has 0 unspecified atom stereocenters. The lowest BCUT2D eigenvalue weighted by Gasteiger charge is -2.33. The number of nitrogens with zero attached hydrogens (tertiary/aromatic N) is 1. The smallest absolute Gasteiger partial charge is 0.243 e. The molecule has 212 valence electrons. The zero-order valence-corrected chi connectivity index (χ0v) is 23.9. The standard InChI is InChI=1S/C33H39ClN2O4/c1-39-30-15-8-12-26(22-30)24-36(32(37)16-9-21-40-29-19-17-27(34)18-20-29)31(23-25-10-4-2-5-11-25)33(38)35-28-13-6-3-7-14-28/h2,4-5,8,10-12,15,17-20,22,28,31H,3,6-7,9,13-14,16,21,23-24H2,1H3,(H,35,38)/t31-/m0/s1. The molecule has 1 aliphatic carbocycles. The first-order valence-corrected chi connectivity index (χ1v) is 14.5. The average molecular weight is 563 g/mol. The second kappa shape index (κ2) is 15.3. The summed E-state index contributed by atoms with van der Waals surface area (Å²) in [7, 11) is 1.62. The van der Waals surface area contributed by atoms with E-state index in [1.165, 1.54) is 6.42 Å². The van der Waals surface area contributed by atoms with Gasteiger partial charge in [0.15, 0.2) is 0 Å². The summed E-state index contributed by atoms with van der Waals surface area (Å²) in [6.45, 7) is 0.696. The van der Waals surface area contributed by atoms with Gasteiger partial charge in [-0.1, -0.05) is 73.3 Å². The first kappa shape index (κ1) is 29.5. The molecule has 4 rings (SSSR count). The highest BCUT2D eigenvalue weighted by molar-refractivity contribution is 6.30. The molecule has 0 aromatic heterocycles. The summed E-state index contributed by atoms with van der Waals surface area (Å²) in [6, 6.07) is 24.3. The number of carbonyl (C=O) groups excluding carboxylic acids is 2. The van der Waals surface area contributed by atoms with Crippen LogP contribution >= 0.6 is 11.6 Å². The van der Waals surface area contributed by atoms with Crippen LogP contribution < -0.4 is 14.8 Å². The first-order valence-electron chi connectivity index (χ1n) is 14.2. The number of halogens is 1. The summed E-state index contributed by atoms with van der Waals surface area (Å²) in [5.41, 5.74) is 1.93. The fourth-order valence-corrected chi connectivity index (χ4v) is 5.28. The van der Waals surface area contributed by atoms with Crippen LogP contribution in [0.1, 0.15) is 56.1 Å². The highest BCUT2D eigenvalue weighted by atomic mass is 35.5. The number of hydrogen-bond donors (Lipinski definition) is 1. The Balaban J connectivity index is 1.53. The van der Waals surface area contributed by atoms with Crippen molar-refractivity contribution >= 4 is 23.4 Å². The molecule has 1 saturated carbocycles. The molecule has 6 nitrogen and oxygen atoms in total. The highest BCUT2D eigenvalue weighted by Crippen LogP contribution is 2.22. The van der Waals surface area contributed by atoms with E-state index in [2.05, 4.69) is 5.32 Å². The van der Waals surface area contributed by atoms with Gasteiger partial charge in [0, 0.05) is 30.5 Å². The summed E-state index contributed by atoms with van der Waals surface area (Å²) in [5.74, 6) is 1.25. The molecule has 1 fully saturated rings. The van der Waals surface area contributed by atoms with Gasteiger partial charge in [-0.3, -0.25) is 9.59 Å². The van der Waals surface area contributed by atoms with Gasteiger partial charge in [-0.05, 0) is 66.8 Å². The molecule has 0 radical (unpaired) electrons. The fraction of sp³-hybridized carbons (Fsp3) is 0.394. The van der Waals surface area contributed by atoms with Crippen molar-refractivity contribution in [3.8, 4) is 11.5 Å². The maximum absolute atomic E-state index is 13.9. The van der Waals surface area contributed by atoms with Gasteiger partial charge in [-0.25, -0.2) is 0 Å². The summed E-state index contributed by atoms with van der Waals surface area (Å²) in [4.78, 5) is 29.4. The quantitative estimate of drug-likeness (QED) is 0.238. The third-order valence-corrected chi connectivity index (χ3v) is 7.58. The SMILES string of the molecule is COc1cccc(CN(C(=O)CCCOc2ccc(Cl)cc2)[C@@H](Cc2ccccc2)C(=O)NC2CCCCC2)c1. The van der Waals surface area contributed by atoms with Gasteiger partial charge < -0.3 is 19.7 Å². The molecular weight excluding hydrogens is 524 g/mol. The van der Waals surface area contributed by atoms with Gasteiger partial charge in [-0.2, -0.15) is 0 Å². The lowest BCUT2D eigenvalue weighted by Crippen LogP contribution is -2.52. The minimum atomic E-state index is -0.639. The zero-order valence-electron chi connectivity index (χ0n) is 23.2. The fourth-order valence-electron chi connectivity index (χ4n) is 5.15. The van der Waals surface area contributed by atoms with E-state index < -0.39 is 6.04 Å². The number of rotatable bonds is 13. The van der Waals surface area contributed by atoms with Crippen LogP contribution in [0.2, 0.25) is 5.02 Å². The van der Waals surface area contributed by atoms with E-state index >= 15 is 0 Å². The predicted octanol–water partition coefficient (Wildman–Crippen LogP) is 6.60. The van der Waals surface area contributed by atoms with E-state index in [1.54, 1.807) is 24.1 Å². The summed E-state index contributed by atoms with van der Waals surface area (Å²) < 4.78 is 11.2. The largest absolute Gasteiger partial charge is 0.497 e. The van der Waals surface area contributed by atoms with Crippen molar-refractivity contribution in [1.82, 2.24) is 10.2 Å². The summed E-state index contributed by atoms with van der Waals surface area (Å²) in [5, 5.41) is 3.93. The van der Waals surface area contributed by atoms with Crippen molar-refractivity contribution in [1.29, 1.82) is 0 Å². The Labute approximate surface area is 242 Å². The Morgan fingerprint density at radius 1 is 0.925 bits per heavy atom. The van der Waals surface area contributed by atoms with Crippen molar-refractivity contribution < 1.29 is 19.1 Å². The van der Waals surface area contributed by atoms with Crippen LogP contribution in [0.4, 0.5) is 0 Å². The first-order chi connectivity index (χ1) is 19.5. The van der Waals surface area contributed by atoms with Crippen molar-refractivity contribution in [3.63, 3.8) is 0 Å². The summed E-state index contributed by atoms with van der Waals surface area (Å²) in [6.07, 6.45) is 6.64. The van der Waals surface area contributed by atoms with Crippen LogP contribution in [0, 0.1) is 0 Å². The number of benzene rings is 3. The number of ether oxygens (including phenoxy) is 2. The minimum Gasteiger partial charge on any atom is -0.497 e. The number of methoxy groups -OCH3 is 1. The van der Waals surface area contributed by atoms with Crippen molar-refractivity contribution in [2.45, 2.75) is 70.0 Å². The van der Waals surface area contributed by atoms with Crippen molar-refractivity contribution in [2.24, 2.45) is 0 Å². The summed E-state index contributed by atoms with van der Waals surface area (Å²) >= 11 is 5.96. The Hall–Kier alpha value is -3.51. The molecule has 0 spiro atoms. The Morgan fingerprint density at radius 3 is 2.38 bits per heavy atom. The Morgan fingerprint density at radius 2 is 1.65 bits per heavy atom. The van der Waals surface area contributed by atoms with E-state index in [0.717, 1.165) is 36.8 Å². The molecule has 3 aromatic rings. The van der Waals surface area contributed by atoms with Gasteiger partial charge in [0.1, 0.15) is 17.5 Å². The second-order valence-electron chi connectivity index (χ2n) is 10.3. The average Bonchev–Trinajstić information content (AvgIpc) is 2.99. The number of carbonyl (C=O) groups is 2. The lowest BCUT2D eigenvalue weighted by molar-refractivity contribution is -0.141. The number of nitrogens with one attached hydrogen (secondary N) is 1. The third-order valence-electron chi connectivity index (χ3n) is 7.33. The molecule has 7 heteroatoms. The molecule has 1 aliphatic rings. The third kappa shape index (κ3) is 9.02. The minimum absolute atomic E-state index is 0.0812. The van der Waals surface area contributed by atoms with E-state index in [-0.39, 0.29) is 24.3 Å². The topological polar surface area (TPSA) is 67.9 Å². The van der Waals surface area contributed by atoms with Crippen molar-refractivity contribution in [2.75, 3.05) is 13.7 Å². The van der Waals surface area contributed by atoms with Crippen LogP contribution in [-0.4, -0.2) is 42.5 Å². The van der Waals surface area contributed by atoms with E-state index in [1.807, 2.05) is 66.7 Å². The molecule has 0 aliphatic heterocycles. The number of hydrogen-bond acceptors (Lipinski definition) is 4. The Bertz CT molecular complexity index is 1210. The van der Waals surface area contributed by atoms with Gasteiger partial charge in [-0.15, -0.1) is 0 Å². The zero-order chi connectivity index (χ0) is 28.2. The van der Waals surface area contributed by atoms with Crippen LogP contribution in [0.25, 0.3) is 0 Å². The monoisotopic (exact) mass is 562 g/mol. The molecule has 0 saturated heterocycles. The molecule has 1 atom stereocenters. The highest BCUT2D eigenvalue weighted by Gasteiger charge is 2.31. The molecule has 1 N–H and O–H groups in total. The molecule has 3 aromatic carbocycles. The normalized spacial score (nSPS) is 14.2. The van der Waals surface area contributed by atoms with Crippen LogP contribution in [0.3, 0.4) is 0 Å². The maximum atomic E-state index is 13.9. The van der Waals surface area contributed by atoms with Gasteiger partial charge in [0.25, 0.3) is 0 Å². The molecule has 0 heterocycles. The molecule has 0 bridgehead atoms. The van der Waals surface area contributed by atoms with Gasteiger partial charge in [0.05, 0.1) is 13.7 Å². The number of amides is 2. The van der Waals surface area contributed by atoms with E-state index in [0.29, 0.717) is 42.5 Å². The predicted molar refractivity (Wildman–Crippen MR) is 159 cm³/mol. The van der Waals surface area contributed by atoms with E-state index in [9.17, 15) is 9.59 Å².